The lowest BCUT2D eigenvalue weighted by molar-refractivity contribution is 0.131. The van der Waals surface area contributed by atoms with Crippen LogP contribution in [0.15, 0.2) is 11.6 Å². The molecule has 8 heteroatoms. The first-order valence-corrected chi connectivity index (χ1v) is 14.0. The second kappa shape index (κ2) is 16.3. The van der Waals surface area contributed by atoms with Crippen molar-refractivity contribution < 1.29 is 14.1 Å². The summed E-state index contributed by atoms with van der Waals surface area (Å²) in [5.74, 6) is 0.360. The van der Waals surface area contributed by atoms with Gasteiger partial charge >= 0.3 is 6.09 Å². The number of alkyl carbamates (subject to hydrolysis) is 1. The number of carbonyl (C=O) groups is 1. The average molecular weight is 492 g/mol. The first kappa shape index (κ1) is 31.7. The fourth-order valence-corrected chi connectivity index (χ4v) is 5.90. The Bertz CT molecular complexity index is 565. The zero-order valence-electron chi connectivity index (χ0n) is 21.8. The average Bonchev–Trinajstić information content (AvgIpc) is 2.71. The molecule has 0 heterocycles. The van der Waals surface area contributed by atoms with E-state index in [1.165, 1.54) is 5.57 Å². The van der Waals surface area contributed by atoms with Gasteiger partial charge in [-0.1, -0.05) is 55.0 Å². The van der Waals surface area contributed by atoms with Gasteiger partial charge in [0, 0.05) is 24.5 Å². The number of allylic oxidation sites excluding steroid dienone is 1. The number of nitrogens with one attached hydrogen (secondary N) is 3. The minimum atomic E-state index is -1.23. The highest BCUT2D eigenvalue weighted by Crippen LogP contribution is 2.36. The molecule has 0 aromatic carbocycles. The molecule has 190 valence electrons. The van der Waals surface area contributed by atoms with Crippen LogP contribution >= 0.6 is 9.24 Å². The maximum atomic E-state index is 13.1. The molecule has 6 nitrogen and oxygen atoms in total. The van der Waals surface area contributed by atoms with Crippen molar-refractivity contribution in [1.29, 1.82) is 0 Å². The van der Waals surface area contributed by atoms with Crippen LogP contribution in [0.25, 0.3) is 0 Å². The van der Waals surface area contributed by atoms with Gasteiger partial charge in [0.15, 0.2) is 0 Å². The van der Waals surface area contributed by atoms with Crippen molar-refractivity contribution in [3.63, 3.8) is 0 Å². The Morgan fingerprint density at radius 2 is 1.78 bits per heavy atom. The molecule has 1 amide bonds. The Morgan fingerprint density at radius 3 is 2.28 bits per heavy atom. The van der Waals surface area contributed by atoms with Crippen LogP contribution in [0, 0.1) is 5.92 Å². The predicted molar refractivity (Wildman–Crippen MR) is 142 cm³/mol. The van der Waals surface area contributed by atoms with Crippen LogP contribution < -0.4 is 15.4 Å². The van der Waals surface area contributed by atoms with Gasteiger partial charge in [0.2, 0.25) is 4.61 Å². The molecular weight excluding hydrogens is 441 g/mol. The van der Waals surface area contributed by atoms with Crippen molar-refractivity contribution in [2.24, 2.45) is 5.92 Å². The summed E-state index contributed by atoms with van der Waals surface area (Å²) in [6.07, 6.45) is 7.92. The van der Waals surface area contributed by atoms with E-state index in [-0.39, 0.29) is 17.7 Å². The van der Waals surface area contributed by atoms with Gasteiger partial charge in [0.05, 0.1) is 18.0 Å². The molecule has 0 spiro atoms. The van der Waals surface area contributed by atoms with Crippen LogP contribution in [0.3, 0.4) is 0 Å². The number of rotatable bonds is 17. The second-order valence-electron chi connectivity index (χ2n) is 9.29. The van der Waals surface area contributed by atoms with E-state index in [0.717, 1.165) is 44.9 Å². The number of amides is 1. The minimum absolute atomic E-state index is 0.0773. The fraction of sp³-hybridized carbons (Fsp3) is 0.875. The van der Waals surface area contributed by atoms with Crippen molar-refractivity contribution in [2.75, 3.05) is 13.2 Å². The summed E-state index contributed by atoms with van der Waals surface area (Å²) in [6.45, 7) is 17.6. The maximum absolute atomic E-state index is 13.1. The molecule has 0 aliphatic rings. The lowest BCUT2D eigenvalue weighted by Crippen LogP contribution is -2.61. The molecule has 0 aromatic heterocycles. The quantitative estimate of drug-likeness (QED) is 0.106. The van der Waals surface area contributed by atoms with Crippen LogP contribution in [0.4, 0.5) is 4.79 Å². The number of hydrogen-bond acceptors (Lipinski definition) is 5. The first-order valence-electron chi connectivity index (χ1n) is 12.3. The molecule has 0 fully saturated rings. The highest BCUT2D eigenvalue weighted by molar-refractivity contribution is 7.94. The summed E-state index contributed by atoms with van der Waals surface area (Å²) in [5.41, 5.74) is 1.08. The van der Waals surface area contributed by atoms with Gasteiger partial charge in [-0.2, -0.15) is 0 Å². The van der Waals surface area contributed by atoms with Crippen molar-refractivity contribution in [3.8, 4) is 0 Å². The van der Waals surface area contributed by atoms with E-state index in [4.69, 9.17) is 4.74 Å². The summed E-state index contributed by atoms with van der Waals surface area (Å²) in [4.78, 5) is 12.1. The van der Waals surface area contributed by atoms with Crippen molar-refractivity contribution in [3.05, 3.63) is 11.6 Å². The lowest BCUT2D eigenvalue weighted by Gasteiger charge is -2.43. The van der Waals surface area contributed by atoms with Gasteiger partial charge in [-0.25, -0.2) is 4.79 Å². The Labute approximate surface area is 203 Å². The normalized spacial score (nSPS) is 18.0. The van der Waals surface area contributed by atoms with E-state index in [2.05, 4.69) is 72.2 Å². The fourth-order valence-electron chi connectivity index (χ4n) is 3.84. The molecule has 32 heavy (non-hydrogen) atoms. The maximum Gasteiger partial charge on any atom is 0.407 e. The van der Waals surface area contributed by atoms with E-state index >= 15 is 0 Å². The summed E-state index contributed by atoms with van der Waals surface area (Å²) < 4.78 is 21.1. The van der Waals surface area contributed by atoms with Gasteiger partial charge < -0.3 is 14.6 Å². The van der Waals surface area contributed by atoms with Crippen molar-refractivity contribution in [1.82, 2.24) is 15.4 Å². The molecule has 0 saturated heterocycles. The van der Waals surface area contributed by atoms with Gasteiger partial charge in [-0.3, -0.25) is 5.32 Å². The largest absolute Gasteiger partial charge is 0.596 e. The van der Waals surface area contributed by atoms with Gasteiger partial charge in [-0.05, 0) is 65.7 Å². The molecule has 0 aliphatic heterocycles. The third kappa shape index (κ3) is 11.7. The summed E-state index contributed by atoms with van der Waals surface area (Å²) in [5, 5.41) is 6.72. The molecule has 0 aliphatic carbocycles. The minimum Gasteiger partial charge on any atom is -0.596 e. The topological polar surface area (TPSA) is 85.5 Å². The molecular formula is C24H50N3O3PS. The van der Waals surface area contributed by atoms with Crippen LogP contribution in [0.1, 0.15) is 100 Å². The van der Waals surface area contributed by atoms with E-state index < -0.39 is 16.0 Å². The van der Waals surface area contributed by atoms with Crippen LogP contribution in [-0.4, -0.2) is 40.0 Å². The summed E-state index contributed by atoms with van der Waals surface area (Å²) in [6, 6.07) is 0.0773. The molecule has 0 bridgehead atoms. The Morgan fingerprint density at radius 1 is 1.16 bits per heavy atom. The van der Waals surface area contributed by atoms with Gasteiger partial charge in [-0.15, -0.1) is 4.72 Å². The zero-order chi connectivity index (χ0) is 24.8. The Balaban J connectivity index is 5.44. The highest BCUT2D eigenvalue weighted by Gasteiger charge is 2.44. The second-order valence-corrected chi connectivity index (χ2v) is 12.2. The van der Waals surface area contributed by atoms with Crippen LogP contribution in [0.2, 0.25) is 0 Å². The third-order valence-corrected chi connectivity index (χ3v) is 8.52. The van der Waals surface area contributed by atoms with Gasteiger partial charge in [0.25, 0.3) is 0 Å². The number of ether oxygens (including phenoxy) is 1. The molecule has 0 radical (unpaired) electrons. The highest BCUT2D eigenvalue weighted by atomic mass is 32.2. The zero-order valence-corrected chi connectivity index (χ0v) is 23.8. The summed E-state index contributed by atoms with van der Waals surface area (Å²) in [7, 11) is 2.85. The predicted octanol–water partition coefficient (Wildman–Crippen LogP) is 5.62. The van der Waals surface area contributed by atoms with E-state index in [9.17, 15) is 9.35 Å². The van der Waals surface area contributed by atoms with Crippen molar-refractivity contribution in [2.45, 2.75) is 117 Å². The molecule has 0 aromatic rings. The smallest absolute Gasteiger partial charge is 0.407 e. The standard InChI is InChI=1S/C24H50N3O3PS/c1-9-14-23(18-20(7)11-3,27-24(31,15-10-2)32(29)25-12-4)16-13-17-30-22(28)26-21(8)19(5)6/h11,19,21,25,27H,9-10,12-18,31H2,1-8H3,(H,26,28)/b20-11-/t21-,23?,24?,32?/m1/s1. The third-order valence-electron chi connectivity index (χ3n) is 5.92. The molecule has 0 rings (SSSR count). The molecule has 0 saturated carbocycles. The van der Waals surface area contributed by atoms with Crippen LogP contribution in [0.5, 0.6) is 0 Å². The Kier molecular flexibility index (Phi) is 16.2. The van der Waals surface area contributed by atoms with Crippen LogP contribution in [-0.2, 0) is 16.1 Å². The number of carbonyl (C=O) groups excluding carboxylic acids is 1. The molecule has 3 N–H and O–H groups in total. The Hall–Kier alpha value is -0.330. The van der Waals surface area contributed by atoms with E-state index in [1.807, 2.05) is 13.8 Å². The van der Waals surface area contributed by atoms with E-state index in [0.29, 0.717) is 19.1 Å². The first-order chi connectivity index (χ1) is 15.0. The van der Waals surface area contributed by atoms with E-state index in [1.54, 1.807) is 0 Å². The SMILES string of the molecule is C/C=C(/C)CC(CCC)(CCCOC(=O)N[C@H](C)C(C)C)NC(P)(CCC)[S+]([O-])NCC. The van der Waals surface area contributed by atoms with Crippen molar-refractivity contribution >= 4 is 26.7 Å². The summed E-state index contributed by atoms with van der Waals surface area (Å²) >= 11 is -1.23. The number of hydrogen-bond donors (Lipinski definition) is 3. The van der Waals surface area contributed by atoms with Gasteiger partial charge in [0.1, 0.15) is 0 Å². The molecule has 5 atom stereocenters. The molecule has 4 unspecified atom stereocenters. The lowest BCUT2D eigenvalue weighted by atomic mass is 9.82. The monoisotopic (exact) mass is 491 g/mol.